The van der Waals surface area contributed by atoms with Crippen molar-refractivity contribution >= 4 is 45.5 Å². The summed E-state index contributed by atoms with van der Waals surface area (Å²) in [5, 5.41) is 1.41. The lowest BCUT2D eigenvalue weighted by atomic mass is 9.82. The molecule has 0 atom stereocenters. The molecule has 3 aromatic rings. The maximum absolute atomic E-state index is 13.8. The third kappa shape index (κ3) is 5.50. The van der Waals surface area contributed by atoms with Crippen molar-refractivity contribution < 1.29 is 28.3 Å². The van der Waals surface area contributed by atoms with Gasteiger partial charge in [0.25, 0.3) is 0 Å². The van der Waals surface area contributed by atoms with E-state index in [1.165, 1.54) is 7.11 Å². The molecule has 1 fully saturated rings. The van der Waals surface area contributed by atoms with Crippen molar-refractivity contribution in [2.24, 2.45) is 11.8 Å². The average molecular weight is 508 g/mol. The number of furan rings is 1. The van der Waals surface area contributed by atoms with E-state index in [0.29, 0.717) is 39.1 Å². The fraction of sp³-hybridized carbons (Fsp3) is 0.500. The van der Waals surface area contributed by atoms with Crippen molar-refractivity contribution in [3.63, 3.8) is 0 Å². The summed E-state index contributed by atoms with van der Waals surface area (Å²) in [7, 11) is 1.33. The molecule has 1 heterocycles. The summed E-state index contributed by atoms with van der Waals surface area (Å²) < 4.78 is 16.7. The molecule has 1 aliphatic carbocycles. The summed E-state index contributed by atoms with van der Waals surface area (Å²) in [4.78, 5) is 41.1. The fourth-order valence-electron chi connectivity index (χ4n) is 5.10. The van der Waals surface area contributed by atoms with E-state index in [1.807, 2.05) is 40.7 Å². The summed E-state index contributed by atoms with van der Waals surface area (Å²) in [5.74, 6) is -0.411. The Kier molecular flexibility index (Phi) is 7.36. The molecule has 1 aromatic heterocycles. The predicted molar refractivity (Wildman–Crippen MR) is 144 cm³/mol. The molecular formula is C30H37NO6. The molecule has 7 heteroatoms. The molecule has 0 aliphatic heterocycles. The monoisotopic (exact) mass is 507 g/mol. The van der Waals surface area contributed by atoms with Gasteiger partial charge >= 0.3 is 11.9 Å². The Morgan fingerprint density at radius 3 is 2.19 bits per heavy atom. The average Bonchev–Trinajstić information content (AvgIpc) is 3.19. The highest BCUT2D eigenvalue weighted by Crippen LogP contribution is 2.38. The first-order chi connectivity index (χ1) is 17.4. The molecule has 1 aliphatic rings. The topological polar surface area (TPSA) is 86.0 Å². The van der Waals surface area contributed by atoms with Crippen LogP contribution >= 0.6 is 0 Å². The lowest BCUT2D eigenvalue weighted by Gasteiger charge is -2.34. The van der Waals surface area contributed by atoms with Gasteiger partial charge in [0.15, 0.2) is 0 Å². The van der Waals surface area contributed by atoms with Crippen LogP contribution in [-0.4, -0.2) is 36.6 Å². The molecule has 37 heavy (non-hydrogen) atoms. The van der Waals surface area contributed by atoms with E-state index in [1.54, 1.807) is 29.2 Å². The molecule has 0 spiro atoms. The number of fused-ring (bicyclic) bond motifs is 3. The number of rotatable bonds is 5. The van der Waals surface area contributed by atoms with Crippen LogP contribution in [0.1, 0.15) is 87.9 Å². The number of ether oxygens (including phenoxy) is 2. The second kappa shape index (κ2) is 10.2. The highest BCUT2D eigenvalue weighted by Gasteiger charge is 2.33. The van der Waals surface area contributed by atoms with Crippen LogP contribution < -0.4 is 4.90 Å². The minimum Gasteiger partial charge on any atom is -0.465 e. The third-order valence-electron chi connectivity index (χ3n) is 7.01. The van der Waals surface area contributed by atoms with Crippen LogP contribution in [0, 0.1) is 11.8 Å². The molecule has 7 nitrogen and oxygen atoms in total. The minimum atomic E-state index is -0.623. The number of carbonyl (C=O) groups is 3. The largest absolute Gasteiger partial charge is 0.465 e. The molecule has 0 N–H and O–H groups in total. The van der Waals surface area contributed by atoms with Crippen LogP contribution in [0.4, 0.5) is 5.69 Å². The van der Waals surface area contributed by atoms with Gasteiger partial charge in [0.1, 0.15) is 16.8 Å². The van der Waals surface area contributed by atoms with Gasteiger partial charge in [0.05, 0.1) is 23.9 Å². The summed E-state index contributed by atoms with van der Waals surface area (Å²) in [5.41, 5.74) is 1.58. The van der Waals surface area contributed by atoms with E-state index in [-0.39, 0.29) is 23.4 Å². The van der Waals surface area contributed by atoms with Gasteiger partial charge < -0.3 is 18.8 Å². The Bertz CT molecular complexity index is 1340. The van der Waals surface area contributed by atoms with Crippen LogP contribution in [0.15, 0.2) is 34.7 Å². The van der Waals surface area contributed by atoms with Crippen LogP contribution in [0.2, 0.25) is 0 Å². The lowest BCUT2D eigenvalue weighted by Crippen LogP contribution is -2.43. The Hall–Kier alpha value is -3.35. The molecule has 1 saturated carbocycles. The van der Waals surface area contributed by atoms with Gasteiger partial charge in [-0.05, 0) is 96.6 Å². The first-order valence-electron chi connectivity index (χ1n) is 13.0. The lowest BCUT2D eigenvalue weighted by molar-refractivity contribution is -0.123. The second-order valence-electron chi connectivity index (χ2n) is 11.4. The summed E-state index contributed by atoms with van der Waals surface area (Å²) in [6.45, 7) is 11.6. The molecule has 2 aromatic carbocycles. The maximum Gasteiger partial charge on any atom is 0.340 e. The smallest absolute Gasteiger partial charge is 0.340 e. The zero-order valence-corrected chi connectivity index (χ0v) is 22.8. The molecule has 0 radical (unpaired) electrons. The Morgan fingerprint density at radius 1 is 0.946 bits per heavy atom. The summed E-state index contributed by atoms with van der Waals surface area (Å²) >= 11 is 0. The number of methoxy groups -OCH3 is 1. The van der Waals surface area contributed by atoms with Gasteiger partial charge in [0.2, 0.25) is 5.91 Å². The van der Waals surface area contributed by atoms with E-state index in [4.69, 9.17) is 13.9 Å². The van der Waals surface area contributed by atoms with Gasteiger partial charge in [-0.3, -0.25) is 4.79 Å². The van der Waals surface area contributed by atoms with Gasteiger partial charge in [-0.25, -0.2) is 9.59 Å². The van der Waals surface area contributed by atoms with Gasteiger partial charge in [0, 0.05) is 22.7 Å². The van der Waals surface area contributed by atoms with E-state index < -0.39 is 17.5 Å². The highest BCUT2D eigenvalue weighted by atomic mass is 16.6. The molecule has 0 unspecified atom stereocenters. The van der Waals surface area contributed by atoms with E-state index in [9.17, 15) is 14.4 Å². The van der Waals surface area contributed by atoms with Crippen molar-refractivity contribution in [3.05, 3.63) is 41.5 Å². The summed E-state index contributed by atoms with van der Waals surface area (Å²) in [6.07, 6.45) is 3.72. The Labute approximate surface area is 218 Å². The quantitative estimate of drug-likeness (QED) is 0.349. The number of hydrogen-bond acceptors (Lipinski definition) is 6. The Balaban J connectivity index is 1.86. The molecule has 4 rings (SSSR count). The van der Waals surface area contributed by atoms with Gasteiger partial charge in [-0.1, -0.05) is 6.92 Å². The normalized spacial score (nSPS) is 18.3. The van der Waals surface area contributed by atoms with E-state index in [2.05, 4.69) is 6.92 Å². The number of nitrogens with zero attached hydrogens (tertiary/aromatic N) is 1. The number of esters is 2. The SMILES string of the molecule is COC(=O)c1cc2oc3ccc(C(=O)OC(C)(C)C)cc3c2cc1N(C(=O)C1CCC(C)CC1)C(C)C. The van der Waals surface area contributed by atoms with Gasteiger partial charge in [-0.15, -0.1) is 0 Å². The van der Waals surface area contributed by atoms with Crippen molar-refractivity contribution in [1.82, 2.24) is 0 Å². The first kappa shape index (κ1) is 26.7. The van der Waals surface area contributed by atoms with Crippen molar-refractivity contribution in [2.45, 2.75) is 78.9 Å². The van der Waals surface area contributed by atoms with Crippen molar-refractivity contribution in [3.8, 4) is 0 Å². The molecule has 1 amide bonds. The zero-order chi connectivity index (χ0) is 27.1. The first-order valence-corrected chi connectivity index (χ1v) is 13.0. The molecule has 198 valence electrons. The molecule has 0 bridgehead atoms. The number of hydrogen-bond donors (Lipinski definition) is 0. The highest BCUT2D eigenvalue weighted by molar-refractivity contribution is 6.13. The van der Waals surface area contributed by atoms with Crippen LogP contribution in [-0.2, 0) is 14.3 Å². The van der Waals surface area contributed by atoms with E-state index in [0.717, 1.165) is 25.7 Å². The molecule has 0 saturated heterocycles. The standard InChI is InChI=1S/C30H37NO6/c1-17(2)31(27(32)19-10-8-18(3)9-11-19)24-15-22-21-14-20(28(33)37-30(4,5)6)12-13-25(21)36-26(22)16-23(24)29(34)35-7/h12-19H,8-11H2,1-7H3. The zero-order valence-electron chi connectivity index (χ0n) is 22.8. The Morgan fingerprint density at radius 2 is 1.59 bits per heavy atom. The minimum absolute atomic E-state index is 0.0219. The second-order valence-corrected chi connectivity index (χ2v) is 11.4. The number of amides is 1. The maximum atomic E-state index is 13.8. The van der Waals surface area contributed by atoms with Crippen LogP contribution in [0.5, 0.6) is 0 Å². The van der Waals surface area contributed by atoms with Crippen LogP contribution in [0.3, 0.4) is 0 Å². The molecular weight excluding hydrogens is 470 g/mol. The summed E-state index contributed by atoms with van der Waals surface area (Å²) in [6, 6.07) is 8.39. The van der Waals surface area contributed by atoms with Crippen LogP contribution in [0.25, 0.3) is 21.9 Å². The van der Waals surface area contributed by atoms with E-state index >= 15 is 0 Å². The number of anilines is 1. The predicted octanol–water partition coefficient (Wildman–Crippen LogP) is 6.90. The van der Waals surface area contributed by atoms with Crippen molar-refractivity contribution in [1.29, 1.82) is 0 Å². The third-order valence-corrected chi connectivity index (χ3v) is 7.01. The van der Waals surface area contributed by atoms with Gasteiger partial charge in [-0.2, -0.15) is 0 Å². The number of carbonyl (C=O) groups excluding carboxylic acids is 3. The van der Waals surface area contributed by atoms with Crippen molar-refractivity contribution in [2.75, 3.05) is 12.0 Å². The fourth-order valence-corrected chi connectivity index (χ4v) is 5.10. The number of benzene rings is 2.